The molecule has 0 fully saturated rings. The Balaban J connectivity index is 2.08. The van der Waals surface area contributed by atoms with Gasteiger partial charge in [-0.2, -0.15) is 0 Å². The van der Waals surface area contributed by atoms with Gasteiger partial charge in [0.25, 0.3) is 0 Å². The minimum absolute atomic E-state index is 0.621. The first-order chi connectivity index (χ1) is 10.2. The van der Waals surface area contributed by atoms with Crippen LogP contribution in [0.1, 0.15) is 18.9 Å². The molecule has 21 heavy (non-hydrogen) atoms. The number of methoxy groups -OCH3 is 1. The van der Waals surface area contributed by atoms with Gasteiger partial charge in [-0.1, -0.05) is 42.5 Å². The maximum absolute atomic E-state index is 11.5. The molecule has 0 aliphatic carbocycles. The Kier molecular flexibility index (Phi) is 4.99. The molecule has 0 saturated heterocycles. The number of carbonyl (C=O) groups excluding carboxylic acids is 1. The number of aryl methyl sites for hydroxylation is 1. The Bertz CT molecular complexity index is 583. The molecule has 0 aliphatic heterocycles. The summed E-state index contributed by atoms with van der Waals surface area (Å²) in [4.78, 5) is 11.5. The van der Waals surface area contributed by atoms with E-state index in [1.165, 1.54) is 5.56 Å². The summed E-state index contributed by atoms with van der Waals surface area (Å²) < 4.78 is 5.32. The minimum Gasteiger partial charge on any atom is -0.495 e. The number of aldehydes is 1. The third kappa shape index (κ3) is 4.09. The molecule has 0 bridgehead atoms. The summed E-state index contributed by atoms with van der Waals surface area (Å²) in [6.45, 7) is 1.91. The topological polar surface area (TPSA) is 38.3 Å². The molecule has 0 aromatic heterocycles. The highest BCUT2D eigenvalue weighted by Crippen LogP contribution is 2.27. The van der Waals surface area contributed by atoms with Gasteiger partial charge >= 0.3 is 0 Å². The van der Waals surface area contributed by atoms with Crippen LogP contribution >= 0.6 is 0 Å². The number of benzene rings is 2. The molecule has 0 aliphatic rings. The third-order valence-corrected chi connectivity index (χ3v) is 3.56. The predicted molar refractivity (Wildman–Crippen MR) is 85.8 cm³/mol. The molecule has 0 heterocycles. The van der Waals surface area contributed by atoms with E-state index < -0.39 is 5.54 Å². The molecule has 1 atom stereocenters. The molecule has 1 N–H and O–H groups in total. The van der Waals surface area contributed by atoms with E-state index in [9.17, 15) is 4.79 Å². The normalized spacial score (nSPS) is 13.2. The van der Waals surface area contributed by atoms with Crippen molar-refractivity contribution in [1.29, 1.82) is 0 Å². The van der Waals surface area contributed by atoms with E-state index in [2.05, 4.69) is 17.4 Å². The summed E-state index contributed by atoms with van der Waals surface area (Å²) in [5.41, 5.74) is 1.44. The number of anilines is 1. The van der Waals surface area contributed by atoms with Crippen LogP contribution in [0.3, 0.4) is 0 Å². The number of rotatable bonds is 7. The SMILES string of the molecule is COc1ccccc1N[C@@](C)(C=O)CCc1ccccc1. The van der Waals surface area contributed by atoms with Crippen molar-refractivity contribution in [3.05, 3.63) is 60.2 Å². The zero-order valence-corrected chi connectivity index (χ0v) is 12.5. The van der Waals surface area contributed by atoms with Crippen molar-refractivity contribution < 1.29 is 9.53 Å². The van der Waals surface area contributed by atoms with Gasteiger partial charge in [-0.15, -0.1) is 0 Å². The average molecular weight is 283 g/mol. The summed E-state index contributed by atoms with van der Waals surface area (Å²) in [6.07, 6.45) is 2.54. The zero-order valence-electron chi connectivity index (χ0n) is 12.5. The fourth-order valence-electron chi connectivity index (χ4n) is 2.26. The highest BCUT2D eigenvalue weighted by atomic mass is 16.5. The molecule has 0 spiro atoms. The Morgan fingerprint density at radius 1 is 1.10 bits per heavy atom. The van der Waals surface area contributed by atoms with Gasteiger partial charge < -0.3 is 14.8 Å². The second-order valence-electron chi connectivity index (χ2n) is 5.35. The second-order valence-corrected chi connectivity index (χ2v) is 5.35. The maximum Gasteiger partial charge on any atom is 0.145 e. The Labute approximate surface area is 126 Å². The van der Waals surface area contributed by atoms with Crippen LogP contribution in [0, 0.1) is 0 Å². The van der Waals surface area contributed by atoms with Crippen LogP contribution in [0.2, 0.25) is 0 Å². The number of ether oxygens (including phenoxy) is 1. The molecular formula is C18H21NO2. The lowest BCUT2D eigenvalue weighted by atomic mass is 9.94. The third-order valence-electron chi connectivity index (χ3n) is 3.56. The Hall–Kier alpha value is -2.29. The molecule has 3 heteroatoms. The molecule has 2 aromatic carbocycles. The molecule has 0 radical (unpaired) electrons. The maximum atomic E-state index is 11.5. The van der Waals surface area contributed by atoms with Crippen LogP contribution in [0.4, 0.5) is 5.69 Å². The quantitative estimate of drug-likeness (QED) is 0.787. The fourth-order valence-corrected chi connectivity index (χ4v) is 2.26. The van der Waals surface area contributed by atoms with Crippen molar-refractivity contribution in [2.75, 3.05) is 12.4 Å². The lowest BCUT2D eigenvalue weighted by molar-refractivity contribution is -0.111. The Morgan fingerprint density at radius 2 is 1.76 bits per heavy atom. The summed E-state index contributed by atoms with van der Waals surface area (Å²) in [5.74, 6) is 0.741. The van der Waals surface area contributed by atoms with Crippen molar-refractivity contribution in [3.8, 4) is 5.75 Å². The van der Waals surface area contributed by atoms with E-state index in [-0.39, 0.29) is 0 Å². The van der Waals surface area contributed by atoms with Gasteiger partial charge in [-0.3, -0.25) is 0 Å². The highest BCUT2D eigenvalue weighted by Gasteiger charge is 2.24. The first-order valence-electron chi connectivity index (χ1n) is 7.08. The van der Waals surface area contributed by atoms with Crippen molar-refractivity contribution in [2.24, 2.45) is 0 Å². The largest absolute Gasteiger partial charge is 0.495 e. The monoisotopic (exact) mass is 283 g/mol. The van der Waals surface area contributed by atoms with E-state index in [0.717, 1.165) is 30.6 Å². The van der Waals surface area contributed by atoms with Crippen molar-refractivity contribution in [3.63, 3.8) is 0 Å². The lowest BCUT2D eigenvalue weighted by Crippen LogP contribution is -2.37. The van der Waals surface area contributed by atoms with E-state index in [1.807, 2.05) is 49.4 Å². The Morgan fingerprint density at radius 3 is 2.43 bits per heavy atom. The van der Waals surface area contributed by atoms with E-state index in [0.29, 0.717) is 0 Å². The minimum atomic E-state index is -0.621. The summed E-state index contributed by atoms with van der Waals surface area (Å²) in [7, 11) is 1.63. The summed E-state index contributed by atoms with van der Waals surface area (Å²) >= 11 is 0. The van der Waals surface area contributed by atoms with E-state index in [4.69, 9.17) is 4.74 Å². The highest BCUT2D eigenvalue weighted by molar-refractivity contribution is 5.72. The number of hydrogen-bond donors (Lipinski definition) is 1. The summed E-state index contributed by atoms with van der Waals surface area (Å²) in [6, 6.07) is 17.8. The molecular weight excluding hydrogens is 262 g/mol. The molecule has 2 aromatic rings. The first-order valence-corrected chi connectivity index (χ1v) is 7.08. The van der Waals surface area contributed by atoms with Crippen LogP contribution in [-0.2, 0) is 11.2 Å². The van der Waals surface area contributed by atoms with Crippen LogP contribution in [0.25, 0.3) is 0 Å². The van der Waals surface area contributed by atoms with Gasteiger partial charge in [-0.05, 0) is 37.5 Å². The standard InChI is InChI=1S/C18H21NO2/c1-18(14-20,13-12-15-8-4-3-5-9-15)19-16-10-6-7-11-17(16)21-2/h3-11,14,19H,12-13H2,1-2H3/t18-/m1/s1. The van der Waals surface area contributed by atoms with E-state index >= 15 is 0 Å². The molecule has 2 rings (SSSR count). The van der Waals surface area contributed by atoms with E-state index in [1.54, 1.807) is 7.11 Å². The molecule has 0 unspecified atom stereocenters. The van der Waals surface area contributed by atoms with Crippen LogP contribution < -0.4 is 10.1 Å². The lowest BCUT2D eigenvalue weighted by Gasteiger charge is -2.27. The molecule has 3 nitrogen and oxygen atoms in total. The molecule has 0 amide bonds. The van der Waals surface area contributed by atoms with Gasteiger partial charge in [0.15, 0.2) is 0 Å². The van der Waals surface area contributed by atoms with Crippen molar-refractivity contribution >= 4 is 12.0 Å². The van der Waals surface area contributed by atoms with Crippen molar-refractivity contribution in [1.82, 2.24) is 0 Å². The number of carbonyl (C=O) groups is 1. The second kappa shape index (κ2) is 6.93. The van der Waals surface area contributed by atoms with Gasteiger partial charge in [-0.25, -0.2) is 0 Å². The number of hydrogen-bond acceptors (Lipinski definition) is 3. The van der Waals surface area contributed by atoms with Gasteiger partial charge in [0.1, 0.15) is 12.0 Å². The predicted octanol–water partition coefficient (Wildman–Crippen LogP) is 3.70. The van der Waals surface area contributed by atoms with Crippen LogP contribution in [0.15, 0.2) is 54.6 Å². The molecule has 0 saturated carbocycles. The van der Waals surface area contributed by atoms with Crippen molar-refractivity contribution in [2.45, 2.75) is 25.3 Å². The van der Waals surface area contributed by atoms with Gasteiger partial charge in [0, 0.05) is 0 Å². The summed E-state index contributed by atoms with van der Waals surface area (Å²) in [5, 5.41) is 3.30. The number of nitrogens with one attached hydrogen (secondary N) is 1. The van der Waals surface area contributed by atoms with Gasteiger partial charge in [0.2, 0.25) is 0 Å². The first kappa shape index (κ1) is 15.1. The van der Waals surface area contributed by atoms with Crippen LogP contribution in [-0.4, -0.2) is 18.9 Å². The number of para-hydroxylation sites is 2. The van der Waals surface area contributed by atoms with Gasteiger partial charge in [0.05, 0.1) is 18.3 Å². The average Bonchev–Trinajstić information content (AvgIpc) is 2.54. The fraction of sp³-hybridized carbons (Fsp3) is 0.278. The molecule has 110 valence electrons. The smallest absolute Gasteiger partial charge is 0.145 e. The van der Waals surface area contributed by atoms with Crippen LogP contribution in [0.5, 0.6) is 5.75 Å². The zero-order chi connectivity index (χ0) is 15.1.